The topological polar surface area (TPSA) is 101 Å². The lowest BCUT2D eigenvalue weighted by atomic mass is 10.0. The van der Waals surface area contributed by atoms with Crippen molar-refractivity contribution in [1.82, 2.24) is 39.7 Å². The number of hydrogen-bond donors (Lipinski definition) is 2. The Morgan fingerprint density at radius 1 is 1.17 bits per heavy atom. The van der Waals surface area contributed by atoms with E-state index in [0.717, 1.165) is 65.8 Å². The van der Waals surface area contributed by atoms with Crippen molar-refractivity contribution in [1.29, 1.82) is 0 Å². The largest absolute Gasteiger partial charge is 0.362 e. The van der Waals surface area contributed by atoms with Gasteiger partial charge in [0.2, 0.25) is 0 Å². The van der Waals surface area contributed by atoms with Crippen LogP contribution in [0.25, 0.3) is 38.1 Å². The highest BCUT2D eigenvalue weighted by Crippen LogP contribution is 2.40. The molecule has 0 radical (unpaired) electrons. The standard InChI is InChI=1S/C25H27N9O/c1-15-20-14-33(30-15)10-4-9-32(3)25(35)22-21(16-11-18-19(20)13-29-23(18)28-12-16)24(26-2)34(31-22)17-5-7-27-8-6-17/h11-14,17,27H,4-10H2,1,3H3,(H,28,29). The lowest BCUT2D eigenvalue weighted by Gasteiger charge is -2.21. The Morgan fingerprint density at radius 2 is 2.00 bits per heavy atom. The number of H-pyrrole nitrogens is 1. The van der Waals surface area contributed by atoms with Crippen molar-refractivity contribution < 1.29 is 4.79 Å². The van der Waals surface area contributed by atoms with Crippen LogP contribution in [0.5, 0.6) is 0 Å². The van der Waals surface area contributed by atoms with E-state index in [4.69, 9.17) is 16.8 Å². The van der Waals surface area contributed by atoms with E-state index >= 15 is 0 Å². The van der Waals surface area contributed by atoms with Crippen LogP contribution in [0.2, 0.25) is 0 Å². The summed E-state index contributed by atoms with van der Waals surface area (Å²) >= 11 is 0. The van der Waals surface area contributed by atoms with Crippen molar-refractivity contribution >= 4 is 22.8 Å². The Hall–Kier alpha value is -3.97. The van der Waals surface area contributed by atoms with Crippen LogP contribution in [0.1, 0.15) is 41.5 Å². The Kier molecular flexibility index (Phi) is 5.15. The average Bonchev–Trinajstić information content (AvgIpc) is 3.57. The summed E-state index contributed by atoms with van der Waals surface area (Å²) in [7, 11) is 1.80. The van der Waals surface area contributed by atoms with Crippen molar-refractivity contribution in [3.63, 3.8) is 0 Å². The van der Waals surface area contributed by atoms with E-state index in [0.29, 0.717) is 30.2 Å². The zero-order valence-corrected chi connectivity index (χ0v) is 19.9. The molecule has 4 aromatic rings. The third-order valence-electron chi connectivity index (χ3n) is 7.13. The van der Waals surface area contributed by atoms with Crippen LogP contribution in [0.4, 0.5) is 5.82 Å². The lowest BCUT2D eigenvalue weighted by molar-refractivity contribution is 0.0785. The van der Waals surface area contributed by atoms with Gasteiger partial charge in [-0.15, -0.1) is 0 Å². The molecule has 0 saturated carbocycles. The number of carbonyl (C=O) groups excluding carboxylic acids is 1. The van der Waals surface area contributed by atoms with E-state index in [1.54, 1.807) is 22.8 Å². The molecule has 1 fully saturated rings. The van der Waals surface area contributed by atoms with Gasteiger partial charge >= 0.3 is 0 Å². The van der Waals surface area contributed by atoms with Gasteiger partial charge in [0.1, 0.15) is 11.7 Å². The smallest absolute Gasteiger partial charge is 0.275 e. The molecular formula is C25H27N9O. The first kappa shape index (κ1) is 21.6. The summed E-state index contributed by atoms with van der Waals surface area (Å²) in [6, 6.07) is 2.10. The lowest BCUT2D eigenvalue weighted by Crippen LogP contribution is -2.31. The van der Waals surface area contributed by atoms with Crippen LogP contribution in [-0.2, 0) is 6.54 Å². The molecule has 4 bridgehead atoms. The first-order valence-corrected chi connectivity index (χ1v) is 12.0. The fourth-order valence-corrected chi connectivity index (χ4v) is 5.27. The van der Waals surface area contributed by atoms with Crippen LogP contribution in [-0.4, -0.2) is 67.0 Å². The molecule has 10 heteroatoms. The van der Waals surface area contributed by atoms with E-state index in [9.17, 15) is 4.79 Å². The number of hydrogen-bond acceptors (Lipinski definition) is 5. The zero-order valence-electron chi connectivity index (χ0n) is 19.9. The molecule has 1 amide bonds. The van der Waals surface area contributed by atoms with Crippen LogP contribution in [0.3, 0.4) is 0 Å². The molecule has 35 heavy (non-hydrogen) atoms. The monoisotopic (exact) mass is 469 g/mol. The molecule has 2 aliphatic rings. The van der Waals surface area contributed by atoms with Crippen molar-refractivity contribution in [3.8, 4) is 22.3 Å². The number of aryl methyl sites for hydroxylation is 2. The van der Waals surface area contributed by atoms with Crippen molar-refractivity contribution in [2.45, 2.75) is 38.8 Å². The minimum absolute atomic E-state index is 0.0834. The summed E-state index contributed by atoms with van der Waals surface area (Å²) in [4.78, 5) is 27.2. The second-order valence-corrected chi connectivity index (χ2v) is 9.38. The predicted octanol–water partition coefficient (Wildman–Crippen LogP) is 3.55. The van der Waals surface area contributed by atoms with E-state index in [2.05, 4.69) is 26.3 Å². The van der Waals surface area contributed by atoms with Crippen LogP contribution >= 0.6 is 0 Å². The van der Waals surface area contributed by atoms with Crippen molar-refractivity contribution in [3.05, 3.63) is 47.5 Å². The summed E-state index contributed by atoms with van der Waals surface area (Å²) < 4.78 is 3.73. The molecule has 0 unspecified atom stereocenters. The molecule has 6 rings (SSSR count). The first-order chi connectivity index (χ1) is 17.0. The second-order valence-electron chi connectivity index (χ2n) is 9.38. The van der Waals surface area contributed by atoms with Gasteiger partial charge in [0.05, 0.1) is 5.69 Å². The molecule has 0 atom stereocenters. The van der Waals surface area contributed by atoms with Gasteiger partial charge in [0, 0.05) is 73.6 Å². The number of carbonyl (C=O) groups is 1. The number of pyridine rings is 1. The number of aromatic amines is 1. The molecule has 0 aliphatic carbocycles. The van der Waals surface area contributed by atoms with Crippen LogP contribution in [0.15, 0.2) is 24.7 Å². The zero-order chi connectivity index (χ0) is 24.1. The van der Waals surface area contributed by atoms with E-state index < -0.39 is 0 Å². The maximum absolute atomic E-state index is 13.7. The van der Waals surface area contributed by atoms with Gasteiger partial charge in [-0.2, -0.15) is 9.78 Å². The maximum atomic E-state index is 13.7. The Bertz CT molecular complexity index is 1480. The van der Waals surface area contributed by atoms with Gasteiger partial charge in [-0.1, -0.05) is 11.7 Å². The fourth-order valence-electron chi connectivity index (χ4n) is 5.27. The second kappa shape index (κ2) is 8.36. The molecule has 2 N–H and O–H groups in total. The van der Waals surface area contributed by atoms with Gasteiger partial charge < -0.3 is 20.0 Å². The minimum Gasteiger partial charge on any atom is -0.362 e. The predicted molar refractivity (Wildman–Crippen MR) is 132 cm³/mol. The van der Waals surface area contributed by atoms with E-state index in [1.165, 1.54) is 0 Å². The van der Waals surface area contributed by atoms with Gasteiger partial charge in [-0.3, -0.25) is 9.48 Å². The molecular weight excluding hydrogens is 442 g/mol. The highest BCUT2D eigenvalue weighted by molar-refractivity contribution is 6.04. The summed E-state index contributed by atoms with van der Waals surface area (Å²) in [5.74, 6) is 0.226. The number of aromatic nitrogens is 6. The molecule has 10 nitrogen and oxygen atoms in total. The normalized spacial score (nSPS) is 16.9. The minimum atomic E-state index is -0.179. The average molecular weight is 470 g/mol. The first-order valence-electron chi connectivity index (χ1n) is 12.0. The molecule has 4 aromatic heterocycles. The number of nitrogens with one attached hydrogen (secondary N) is 2. The Labute approximate surface area is 202 Å². The van der Waals surface area contributed by atoms with Crippen molar-refractivity contribution in [2.24, 2.45) is 0 Å². The van der Waals surface area contributed by atoms with Gasteiger partial charge in [-0.05, 0) is 38.1 Å². The summed E-state index contributed by atoms with van der Waals surface area (Å²) in [6.45, 7) is 13.1. The van der Waals surface area contributed by atoms with Gasteiger partial charge in [0.25, 0.3) is 11.7 Å². The van der Waals surface area contributed by atoms with E-state index in [1.807, 2.05) is 23.9 Å². The third-order valence-corrected chi connectivity index (χ3v) is 7.13. The summed E-state index contributed by atoms with van der Waals surface area (Å²) in [6.07, 6.45) is 8.25. The summed E-state index contributed by atoms with van der Waals surface area (Å²) in [5.41, 5.74) is 5.37. The molecule has 6 heterocycles. The number of fused-ring (bicyclic) bond motifs is 6. The Balaban J connectivity index is 1.61. The molecule has 0 spiro atoms. The SMILES string of the molecule is [C-]#[N+]c1c2c(nn1C1CCNCC1)C(=O)N(C)CCCn1cc(c(C)n1)-c1c[nH]c3ncc-2cc13. The molecule has 1 saturated heterocycles. The quantitative estimate of drug-likeness (QED) is 0.415. The van der Waals surface area contributed by atoms with Crippen LogP contribution < -0.4 is 5.32 Å². The van der Waals surface area contributed by atoms with Crippen molar-refractivity contribution in [2.75, 3.05) is 26.7 Å². The third kappa shape index (κ3) is 3.51. The van der Waals surface area contributed by atoms with Gasteiger partial charge in [-0.25, -0.2) is 4.98 Å². The number of amides is 1. The highest BCUT2D eigenvalue weighted by Gasteiger charge is 2.32. The van der Waals surface area contributed by atoms with Crippen LogP contribution in [0, 0.1) is 13.5 Å². The molecule has 0 aromatic carbocycles. The summed E-state index contributed by atoms with van der Waals surface area (Å²) in [5, 5.41) is 13.8. The molecule has 178 valence electrons. The van der Waals surface area contributed by atoms with E-state index in [-0.39, 0.29) is 11.9 Å². The highest BCUT2D eigenvalue weighted by atomic mass is 16.2. The number of nitrogens with zero attached hydrogens (tertiary/aromatic N) is 7. The molecule has 2 aliphatic heterocycles. The fraction of sp³-hybridized carbons (Fsp3) is 0.400. The number of rotatable bonds is 1. The number of piperidine rings is 1. The van der Waals surface area contributed by atoms with Gasteiger partial charge in [0.15, 0.2) is 5.69 Å². The maximum Gasteiger partial charge on any atom is 0.275 e. The Morgan fingerprint density at radius 3 is 2.80 bits per heavy atom.